The van der Waals surface area contributed by atoms with Crippen LogP contribution < -0.4 is 5.32 Å². The molecule has 1 N–H and O–H groups in total. The molecule has 5 heteroatoms. The molecule has 0 aliphatic carbocycles. The van der Waals surface area contributed by atoms with Crippen molar-refractivity contribution in [2.24, 2.45) is 0 Å². The quantitative estimate of drug-likeness (QED) is 0.763. The van der Waals surface area contributed by atoms with Crippen molar-refractivity contribution in [2.75, 3.05) is 13.7 Å². The zero-order chi connectivity index (χ0) is 14.5. The summed E-state index contributed by atoms with van der Waals surface area (Å²) in [6, 6.07) is 10.1. The average Bonchev–Trinajstić information content (AvgIpc) is 2.86. The molecular formula is C15H17Br2NO2. The van der Waals surface area contributed by atoms with Gasteiger partial charge in [-0.15, -0.1) is 0 Å². The number of benzene rings is 1. The van der Waals surface area contributed by atoms with Gasteiger partial charge >= 0.3 is 0 Å². The minimum absolute atomic E-state index is 0.0214. The van der Waals surface area contributed by atoms with Crippen LogP contribution in [0, 0.1) is 0 Å². The molecule has 1 atom stereocenters. The summed E-state index contributed by atoms with van der Waals surface area (Å²) in [5.41, 5.74) is 1.15. The summed E-state index contributed by atoms with van der Waals surface area (Å²) in [5, 5.41) is 3.45. The van der Waals surface area contributed by atoms with E-state index in [1.54, 1.807) is 7.11 Å². The first-order chi connectivity index (χ1) is 9.65. The van der Waals surface area contributed by atoms with E-state index in [2.05, 4.69) is 50.2 Å². The van der Waals surface area contributed by atoms with Gasteiger partial charge in [0.25, 0.3) is 0 Å². The van der Waals surface area contributed by atoms with E-state index in [-0.39, 0.29) is 6.04 Å². The Bertz CT molecular complexity index is 569. The van der Waals surface area contributed by atoms with Crippen molar-refractivity contribution in [3.05, 3.63) is 56.4 Å². The number of ether oxygens (including phenoxy) is 1. The summed E-state index contributed by atoms with van der Waals surface area (Å²) in [6.07, 6.45) is 0. The van der Waals surface area contributed by atoms with Crippen LogP contribution in [0.1, 0.15) is 30.0 Å². The third-order valence-electron chi connectivity index (χ3n) is 2.94. The maximum atomic E-state index is 5.86. The molecule has 0 saturated carbocycles. The second-order valence-corrected chi connectivity index (χ2v) is 6.16. The average molecular weight is 403 g/mol. The van der Waals surface area contributed by atoms with Gasteiger partial charge in [0.1, 0.15) is 18.1 Å². The predicted octanol–water partition coefficient (Wildman–Crippen LogP) is 4.65. The standard InChI is InChI=1S/C15H17Br2NO2/c1-3-18-15(12-6-4-10(16)8-13(12)17)14-7-5-11(20-14)9-19-2/h4-8,15,18H,3,9H2,1-2H3. The van der Waals surface area contributed by atoms with Crippen LogP contribution in [-0.4, -0.2) is 13.7 Å². The van der Waals surface area contributed by atoms with Crippen molar-refractivity contribution in [1.82, 2.24) is 5.32 Å². The Kier molecular flexibility index (Phi) is 5.84. The van der Waals surface area contributed by atoms with Gasteiger partial charge in [0.05, 0.1) is 6.04 Å². The second kappa shape index (κ2) is 7.41. The normalized spacial score (nSPS) is 12.6. The van der Waals surface area contributed by atoms with Crippen molar-refractivity contribution in [1.29, 1.82) is 0 Å². The van der Waals surface area contributed by atoms with Crippen LogP contribution in [0.2, 0.25) is 0 Å². The van der Waals surface area contributed by atoms with Crippen molar-refractivity contribution < 1.29 is 9.15 Å². The summed E-state index contributed by atoms with van der Waals surface area (Å²) in [4.78, 5) is 0. The highest BCUT2D eigenvalue weighted by Gasteiger charge is 2.19. The first kappa shape index (κ1) is 15.8. The molecule has 108 valence electrons. The molecule has 0 fully saturated rings. The lowest BCUT2D eigenvalue weighted by Crippen LogP contribution is -2.21. The van der Waals surface area contributed by atoms with Gasteiger partial charge in [0.2, 0.25) is 0 Å². The van der Waals surface area contributed by atoms with Crippen molar-refractivity contribution in [2.45, 2.75) is 19.6 Å². The Morgan fingerprint density at radius 3 is 2.70 bits per heavy atom. The Balaban J connectivity index is 2.34. The van der Waals surface area contributed by atoms with Gasteiger partial charge in [0, 0.05) is 16.1 Å². The van der Waals surface area contributed by atoms with Gasteiger partial charge in [-0.2, -0.15) is 0 Å². The molecule has 0 spiro atoms. The van der Waals surface area contributed by atoms with E-state index in [9.17, 15) is 0 Å². The monoisotopic (exact) mass is 401 g/mol. The van der Waals surface area contributed by atoms with Crippen LogP contribution in [-0.2, 0) is 11.3 Å². The Labute approximate surface area is 136 Å². The van der Waals surface area contributed by atoms with Crippen LogP contribution in [0.5, 0.6) is 0 Å². The van der Waals surface area contributed by atoms with Gasteiger partial charge in [-0.3, -0.25) is 0 Å². The zero-order valence-corrected chi connectivity index (χ0v) is 14.6. The number of nitrogens with one attached hydrogen (secondary N) is 1. The van der Waals surface area contributed by atoms with Gasteiger partial charge in [-0.05, 0) is 36.4 Å². The van der Waals surface area contributed by atoms with E-state index in [4.69, 9.17) is 9.15 Å². The summed E-state index contributed by atoms with van der Waals surface area (Å²) >= 11 is 7.09. The zero-order valence-electron chi connectivity index (χ0n) is 11.5. The highest BCUT2D eigenvalue weighted by molar-refractivity contribution is 9.11. The van der Waals surface area contributed by atoms with Crippen molar-refractivity contribution in [3.63, 3.8) is 0 Å². The lowest BCUT2D eigenvalue weighted by Gasteiger charge is -2.18. The SMILES string of the molecule is CCNC(c1ccc(COC)o1)c1ccc(Br)cc1Br. The molecule has 1 heterocycles. The number of furan rings is 1. The van der Waals surface area contributed by atoms with Crippen molar-refractivity contribution in [3.8, 4) is 0 Å². The molecule has 0 radical (unpaired) electrons. The highest BCUT2D eigenvalue weighted by Crippen LogP contribution is 2.31. The Morgan fingerprint density at radius 1 is 1.25 bits per heavy atom. The van der Waals surface area contributed by atoms with Crippen LogP contribution >= 0.6 is 31.9 Å². The van der Waals surface area contributed by atoms with Crippen LogP contribution in [0.4, 0.5) is 0 Å². The first-order valence-corrected chi connectivity index (χ1v) is 8.00. The van der Waals surface area contributed by atoms with Gasteiger partial charge in [-0.25, -0.2) is 0 Å². The summed E-state index contributed by atoms with van der Waals surface area (Å²) in [5.74, 6) is 1.72. The highest BCUT2D eigenvalue weighted by atomic mass is 79.9. The van der Waals surface area contributed by atoms with E-state index in [1.807, 2.05) is 24.3 Å². The molecule has 0 aliphatic heterocycles. The lowest BCUT2D eigenvalue weighted by molar-refractivity contribution is 0.162. The fourth-order valence-electron chi connectivity index (χ4n) is 2.07. The molecule has 1 aromatic carbocycles. The molecule has 2 rings (SSSR count). The van der Waals surface area contributed by atoms with E-state index in [1.165, 1.54) is 0 Å². The third kappa shape index (κ3) is 3.73. The van der Waals surface area contributed by atoms with E-state index < -0.39 is 0 Å². The molecule has 0 aliphatic rings. The molecular weight excluding hydrogens is 386 g/mol. The minimum Gasteiger partial charge on any atom is -0.462 e. The molecule has 0 bridgehead atoms. The molecule has 0 amide bonds. The van der Waals surface area contributed by atoms with Gasteiger partial charge in [0.15, 0.2) is 0 Å². The van der Waals surface area contributed by atoms with Crippen LogP contribution in [0.3, 0.4) is 0 Å². The smallest absolute Gasteiger partial charge is 0.129 e. The van der Waals surface area contributed by atoms with Gasteiger partial charge < -0.3 is 14.5 Å². The maximum Gasteiger partial charge on any atom is 0.129 e. The number of halogens is 2. The molecule has 3 nitrogen and oxygen atoms in total. The van der Waals surface area contributed by atoms with E-state index >= 15 is 0 Å². The summed E-state index contributed by atoms with van der Waals surface area (Å²) in [6.45, 7) is 3.42. The number of methoxy groups -OCH3 is 1. The minimum atomic E-state index is 0.0214. The van der Waals surface area contributed by atoms with E-state index in [0.717, 1.165) is 32.6 Å². The Morgan fingerprint density at radius 2 is 2.05 bits per heavy atom. The van der Waals surface area contributed by atoms with Crippen LogP contribution in [0.15, 0.2) is 43.7 Å². The number of hydrogen-bond donors (Lipinski definition) is 1. The molecule has 2 aromatic rings. The molecule has 1 unspecified atom stereocenters. The largest absolute Gasteiger partial charge is 0.462 e. The van der Waals surface area contributed by atoms with Gasteiger partial charge in [-0.1, -0.05) is 44.8 Å². The Hall–Kier alpha value is -0.620. The fraction of sp³-hybridized carbons (Fsp3) is 0.333. The van der Waals surface area contributed by atoms with Crippen molar-refractivity contribution >= 4 is 31.9 Å². The topological polar surface area (TPSA) is 34.4 Å². The third-order valence-corrected chi connectivity index (χ3v) is 4.12. The number of hydrogen-bond acceptors (Lipinski definition) is 3. The maximum absolute atomic E-state index is 5.86. The number of rotatable bonds is 6. The fourth-order valence-corrected chi connectivity index (χ4v) is 3.35. The lowest BCUT2D eigenvalue weighted by atomic mass is 10.0. The summed E-state index contributed by atoms with van der Waals surface area (Å²) < 4.78 is 13.0. The summed E-state index contributed by atoms with van der Waals surface area (Å²) in [7, 11) is 1.66. The molecule has 1 aromatic heterocycles. The van der Waals surface area contributed by atoms with E-state index in [0.29, 0.717) is 6.61 Å². The van der Waals surface area contributed by atoms with Crippen LogP contribution in [0.25, 0.3) is 0 Å². The molecule has 0 saturated heterocycles. The first-order valence-electron chi connectivity index (χ1n) is 6.41. The molecule has 20 heavy (non-hydrogen) atoms. The second-order valence-electron chi connectivity index (χ2n) is 4.39. The predicted molar refractivity (Wildman–Crippen MR) is 86.8 cm³/mol.